The fraction of sp³-hybridized carbons (Fsp3) is 0.0625. The molecule has 7 heteroatoms. The minimum Gasteiger partial charge on any atom is -0.324 e. The molecule has 1 aliphatic carbocycles. The molecule has 3 rings (SSSR count). The zero-order valence-electron chi connectivity index (χ0n) is 11.7. The number of carbonyl (C=O) groups is 3. The molecule has 2 aromatic carbocycles. The second-order valence-electron chi connectivity index (χ2n) is 4.95. The maximum absolute atomic E-state index is 12.8. The summed E-state index contributed by atoms with van der Waals surface area (Å²) in [6, 6.07) is 6.36. The van der Waals surface area contributed by atoms with Crippen LogP contribution >= 0.6 is 34.8 Å². The molecule has 0 spiro atoms. The Balaban J connectivity index is 2.42. The van der Waals surface area contributed by atoms with Gasteiger partial charge in [0, 0.05) is 18.1 Å². The Labute approximate surface area is 146 Å². The van der Waals surface area contributed by atoms with Crippen LogP contribution in [0.5, 0.6) is 0 Å². The zero-order valence-corrected chi connectivity index (χ0v) is 13.9. The number of halogens is 3. The largest absolute Gasteiger partial charge is 0.324 e. The van der Waals surface area contributed by atoms with Gasteiger partial charge in [-0.3, -0.25) is 14.4 Å². The first-order valence-corrected chi connectivity index (χ1v) is 7.64. The number of nitrogens with one attached hydrogen (secondary N) is 1. The fourth-order valence-electron chi connectivity index (χ4n) is 2.54. The molecule has 0 saturated carbocycles. The maximum Gasteiger partial charge on any atom is 0.221 e. The molecule has 0 aliphatic heterocycles. The molecule has 1 N–H and O–H groups in total. The highest BCUT2D eigenvalue weighted by molar-refractivity contribution is 6.52. The van der Waals surface area contributed by atoms with Gasteiger partial charge in [0.25, 0.3) is 0 Å². The molecule has 0 atom stereocenters. The average Bonchev–Trinajstić information content (AvgIpc) is 2.52. The Morgan fingerprint density at radius 1 is 0.870 bits per heavy atom. The van der Waals surface area contributed by atoms with Gasteiger partial charge in [0.15, 0.2) is 11.6 Å². The van der Waals surface area contributed by atoms with Crippen molar-refractivity contribution in [2.75, 3.05) is 5.32 Å². The van der Waals surface area contributed by atoms with Gasteiger partial charge in [0.2, 0.25) is 5.91 Å². The van der Waals surface area contributed by atoms with Crippen molar-refractivity contribution in [2.45, 2.75) is 6.92 Å². The second-order valence-corrected chi connectivity index (χ2v) is 6.09. The third-order valence-electron chi connectivity index (χ3n) is 3.50. The van der Waals surface area contributed by atoms with E-state index >= 15 is 0 Å². The number of rotatable bonds is 1. The molecule has 0 aromatic heterocycles. The summed E-state index contributed by atoms with van der Waals surface area (Å²) in [6.45, 7) is 1.26. The van der Waals surface area contributed by atoms with E-state index in [1.165, 1.54) is 19.1 Å². The highest BCUT2D eigenvalue weighted by Gasteiger charge is 2.36. The van der Waals surface area contributed by atoms with Crippen molar-refractivity contribution in [3.63, 3.8) is 0 Å². The van der Waals surface area contributed by atoms with Crippen LogP contribution < -0.4 is 5.32 Å². The minimum absolute atomic E-state index is 0.00332. The van der Waals surface area contributed by atoms with Crippen LogP contribution in [0, 0.1) is 0 Å². The van der Waals surface area contributed by atoms with E-state index in [0.29, 0.717) is 0 Å². The summed E-state index contributed by atoms with van der Waals surface area (Å²) < 4.78 is 0. The lowest BCUT2D eigenvalue weighted by Crippen LogP contribution is -2.24. The van der Waals surface area contributed by atoms with Gasteiger partial charge in [-0.1, -0.05) is 59.1 Å². The summed E-state index contributed by atoms with van der Waals surface area (Å²) in [4.78, 5) is 37.0. The van der Waals surface area contributed by atoms with Crippen LogP contribution in [0.2, 0.25) is 15.1 Å². The van der Waals surface area contributed by atoms with Crippen LogP contribution in [-0.2, 0) is 4.79 Å². The lowest BCUT2D eigenvalue weighted by Gasteiger charge is -2.23. The van der Waals surface area contributed by atoms with E-state index < -0.39 is 17.5 Å². The lowest BCUT2D eigenvalue weighted by atomic mass is 9.83. The van der Waals surface area contributed by atoms with Crippen molar-refractivity contribution in [1.29, 1.82) is 0 Å². The number of hydrogen-bond donors (Lipinski definition) is 1. The highest BCUT2D eigenvalue weighted by Crippen LogP contribution is 2.45. The van der Waals surface area contributed by atoms with Crippen LogP contribution in [0.3, 0.4) is 0 Å². The second kappa shape index (κ2) is 5.64. The molecule has 0 heterocycles. The number of hydrogen-bond acceptors (Lipinski definition) is 3. The molecule has 23 heavy (non-hydrogen) atoms. The van der Waals surface area contributed by atoms with E-state index in [0.717, 1.165) is 0 Å². The molecule has 0 bridgehead atoms. The molecule has 0 fully saturated rings. The normalized spacial score (nSPS) is 12.7. The Morgan fingerprint density at radius 2 is 1.39 bits per heavy atom. The Morgan fingerprint density at radius 3 is 1.91 bits per heavy atom. The standard InChI is InChI=1S/C16H8Cl3NO3/c1-6(21)20-14-10-9(11(17)12(18)13(14)19)15(22)7-4-2-3-5-8(7)16(10)23/h2-5H,1H3,(H,20,21). The predicted octanol–water partition coefficient (Wildman–Crippen LogP) is 4.38. The van der Waals surface area contributed by atoms with Crippen molar-refractivity contribution in [3.05, 3.63) is 61.6 Å². The number of amides is 1. The van der Waals surface area contributed by atoms with Crippen LogP contribution in [0.15, 0.2) is 24.3 Å². The van der Waals surface area contributed by atoms with E-state index in [1.54, 1.807) is 12.1 Å². The van der Waals surface area contributed by atoms with Crippen LogP contribution in [-0.4, -0.2) is 17.5 Å². The van der Waals surface area contributed by atoms with Gasteiger partial charge in [-0.15, -0.1) is 0 Å². The van der Waals surface area contributed by atoms with E-state index in [-0.39, 0.29) is 43.0 Å². The van der Waals surface area contributed by atoms with Crippen molar-refractivity contribution in [3.8, 4) is 0 Å². The lowest BCUT2D eigenvalue weighted by molar-refractivity contribution is -0.114. The summed E-state index contributed by atoms with van der Waals surface area (Å²) in [5.41, 5.74) is 0.373. The van der Waals surface area contributed by atoms with Gasteiger partial charge in [0.05, 0.1) is 31.9 Å². The van der Waals surface area contributed by atoms with Crippen LogP contribution in [0.4, 0.5) is 5.69 Å². The summed E-state index contributed by atoms with van der Waals surface area (Å²) in [5, 5.41) is 2.20. The number of ketones is 2. The van der Waals surface area contributed by atoms with Crippen molar-refractivity contribution >= 4 is 58.0 Å². The molecule has 1 aliphatic rings. The van der Waals surface area contributed by atoms with Crippen molar-refractivity contribution in [1.82, 2.24) is 0 Å². The molecule has 0 saturated heterocycles. The Kier molecular flexibility index (Phi) is 3.92. The number of benzene rings is 2. The Hall–Kier alpha value is -1.88. The summed E-state index contributed by atoms with van der Waals surface area (Å²) >= 11 is 18.3. The molecule has 116 valence electrons. The molecular weight excluding hydrogens is 361 g/mol. The number of anilines is 1. The topological polar surface area (TPSA) is 63.2 Å². The van der Waals surface area contributed by atoms with Gasteiger partial charge in [-0.2, -0.15) is 0 Å². The number of fused-ring (bicyclic) bond motifs is 2. The SMILES string of the molecule is CC(=O)Nc1c(Cl)c(Cl)c(Cl)c2c1C(=O)c1ccccc1C2=O. The summed E-state index contributed by atoms with van der Waals surface area (Å²) in [6.07, 6.45) is 0. The van der Waals surface area contributed by atoms with Crippen LogP contribution in [0.1, 0.15) is 38.8 Å². The van der Waals surface area contributed by atoms with Gasteiger partial charge in [-0.25, -0.2) is 0 Å². The van der Waals surface area contributed by atoms with E-state index in [1.807, 2.05) is 0 Å². The van der Waals surface area contributed by atoms with Gasteiger partial charge in [-0.05, 0) is 0 Å². The number of carbonyl (C=O) groups excluding carboxylic acids is 3. The Bertz CT molecular complexity index is 906. The first kappa shape index (κ1) is 16.0. The van der Waals surface area contributed by atoms with Crippen molar-refractivity contribution < 1.29 is 14.4 Å². The fourth-order valence-corrected chi connectivity index (χ4v) is 3.29. The maximum atomic E-state index is 12.8. The van der Waals surface area contributed by atoms with E-state index in [9.17, 15) is 14.4 Å². The third-order valence-corrected chi connectivity index (χ3v) is 4.82. The average molecular weight is 369 g/mol. The molecule has 0 unspecified atom stereocenters. The quantitative estimate of drug-likeness (QED) is 0.648. The molecule has 0 radical (unpaired) electrons. The summed E-state index contributed by atoms with van der Waals surface area (Å²) in [7, 11) is 0. The minimum atomic E-state index is -0.452. The third kappa shape index (κ3) is 2.34. The molecule has 4 nitrogen and oxygen atoms in total. The first-order valence-electron chi connectivity index (χ1n) is 6.51. The van der Waals surface area contributed by atoms with E-state index in [4.69, 9.17) is 34.8 Å². The smallest absolute Gasteiger partial charge is 0.221 e. The van der Waals surface area contributed by atoms with Gasteiger partial charge in [0.1, 0.15) is 0 Å². The van der Waals surface area contributed by atoms with Crippen molar-refractivity contribution in [2.24, 2.45) is 0 Å². The predicted molar refractivity (Wildman–Crippen MR) is 89.1 cm³/mol. The van der Waals surface area contributed by atoms with E-state index in [2.05, 4.69) is 5.32 Å². The van der Waals surface area contributed by atoms with Crippen LogP contribution in [0.25, 0.3) is 0 Å². The molecule has 1 amide bonds. The highest BCUT2D eigenvalue weighted by atomic mass is 35.5. The summed E-state index contributed by atoms with van der Waals surface area (Å²) in [5.74, 6) is -1.34. The monoisotopic (exact) mass is 367 g/mol. The van der Waals surface area contributed by atoms with Gasteiger partial charge >= 0.3 is 0 Å². The zero-order chi connectivity index (χ0) is 16.9. The first-order chi connectivity index (χ1) is 10.8. The van der Waals surface area contributed by atoms with Gasteiger partial charge < -0.3 is 5.32 Å². The molecular formula is C16H8Cl3NO3. The molecule has 2 aromatic rings.